The van der Waals surface area contributed by atoms with E-state index in [-0.39, 0.29) is 18.1 Å². The number of methoxy groups -OCH3 is 1. The Bertz CT molecular complexity index is 1400. The number of benzene rings is 2. The lowest BCUT2D eigenvalue weighted by molar-refractivity contribution is -0.358. The molecule has 176 valence electrons. The lowest BCUT2D eigenvalue weighted by Gasteiger charge is -2.36. The summed E-state index contributed by atoms with van der Waals surface area (Å²) in [4.78, 5) is 33.9. The van der Waals surface area contributed by atoms with Gasteiger partial charge in [0, 0.05) is 32.6 Å². The number of hydrogen-bond donors (Lipinski definition) is 0. The largest absolute Gasteiger partial charge is 0.495 e. The minimum absolute atomic E-state index is 0.0209. The van der Waals surface area contributed by atoms with E-state index >= 15 is 0 Å². The molecular formula is C25H29N6O3+. The number of nitrogens with zero attached hydrogens (tertiary/aromatic N) is 5. The molecule has 1 fully saturated rings. The third-order valence-corrected chi connectivity index (χ3v) is 6.40. The molecule has 34 heavy (non-hydrogen) atoms. The first-order valence-electron chi connectivity index (χ1n) is 11.7. The molecule has 2 aromatic carbocycles. The number of amides is 1. The Kier molecular flexibility index (Phi) is 5.91. The molecule has 0 spiro atoms. The number of carbonyl (C=O) groups is 1. The van der Waals surface area contributed by atoms with Gasteiger partial charge in [0.1, 0.15) is 12.3 Å². The minimum Gasteiger partial charge on any atom is -0.495 e. The van der Waals surface area contributed by atoms with Crippen LogP contribution in [0.3, 0.4) is 0 Å². The van der Waals surface area contributed by atoms with E-state index in [1.165, 1.54) is 9.08 Å². The van der Waals surface area contributed by atoms with Crippen LogP contribution in [0, 0.1) is 0 Å². The lowest BCUT2D eigenvalue weighted by atomic mass is 10.2. The molecule has 1 N–H and O–H groups in total. The maximum Gasteiger partial charge on any atom is 0.424 e. The number of rotatable bonds is 6. The van der Waals surface area contributed by atoms with Gasteiger partial charge < -0.3 is 14.5 Å². The van der Waals surface area contributed by atoms with Crippen LogP contribution in [0.15, 0.2) is 53.3 Å². The van der Waals surface area contributed by atoms with Crippen molar-refractivity contribution in [1.82, 2.24) is 19.1 Å². The molecule has 5 rings (SSSR count). The van der Waals surface area contributed by atoms with Gasteiger partial charge in [-0.25, -0.2) is 9.78 Å². The number of nitrogens with one attached hydrogen (secondary N) is 1. The maximum atomic E-state index is 13.3. The second kappa shape index (κ2) is 9.17. The smallest absolute Gasteiger partial charge is 0.424 e. The second-order valence-corrected chi connectivity index (χ2v) is 8.51. The topological polar surface area (TPSA) is 86.2 Å². The third kappa shape index (κ3) is 3.87. The number of aromatic amines is 1. The number of aromatic nitrogens is 4. The van der Waals surface area contributed by atoms with Crippen molar-refractivity contribution in [3.05, 3.63) is 64.8 Å². The van der Waals surface area contributed by atoms with Crippen LogP contribution in [-0.4, -0.2) is 58.3 Å². The molecule has 1 amide bonds. The molecule has 9 heteroatoms. The summed E-state index contributed by atoms with van der Waals surface area (Å²) in [5, 5.41) is 5.34. The van der Waals surface area contributed by atoms with E-state index in [0.29, 0.717) is 31.8 Å². The van der Waals surface area contributed by atoms with Crippen LogP contribution in [0.25, 0.3) is 16.6 Å². The van der Waals surface area contributed by atoms with E-state index in [9.17, 15) is 9.59 Å². The van der Waals surface area contributed by atoms with E-state index in [2.05, 4.69) is 21.9 Å². The lowest BCUT2D eigenvalue weighted by Crippen LogP contribution is -2.50. The average Bonchev–Trinajstić information content (AvgIpc) is 3.31. The molecular weight excluding hydrogens is 432 g/mol. The number of carbonyl (C=O) groups excluding carboxylic acids is 1. The second-order valence-electron chi connectivity index (χ2n) is 8.51. The van der Waals surface area contributed by atoms with Crippen LogP contribution in [0.4, 0.5) is 5.69 Å². The molecule has 0 aliphatic carbocycles. The number of fused-ring (bicyclic) bond motifs is 3. The summed E-state index contributed by atoms with van der Waals surface area (Å²) in [6, 6.07) is 15.6. The first-order valence-corrected chi connectivity index (χ1v) is 11.7. The van der Waals surface area contributed by atoms with E-state index in [0.717, 1.165) is 41.0 Å². The van der Waals surface area contributed by atoms with Gasteiger partial charge >= 0.3 is 5.69 Å². The highest BCUT2D eigenvalue weighted by molar-refractivity contribution is 5.90. The molecule has 9 nitrogen and oxygen atoms in total. The third-order valence-electron chi connectivity index (χ3n) is 6.40. The van der Waals surface area contributed by atoms with Crippen LogP contribution in [-0.2, 0) is 17.8 Å². The normalized spacial score (nSPS) is 14.2. The first kappa shape index (κ1) is 21.9. The molecule has 0 atom stereocenters. The highest BCUT2D eigenvalue weighted by Crippen LogP contribution is 2.28. The maximum absolute atomic E-state index is 13.3. The summed E-state index contributed by atoms with van der Waals surface area (Å²) in [7, 11) is 1.67. The van der Waals surface area contributed by atoms with Crippen LogP contribution >= 0.6 is 0 Å². The quantitative estimate of drug-likeness (QED) is 0.437. The predicted octanol–water partition coefficient (Wildman–Crippen LogP) is 1.77. The SMILES string of the molecule is CCCc1nn2c(=O)n(CC(=O)N3CCN(c4ccccc4OC)CC3)c3ccccc3c2[nH+]1. The minimum atomic E-state index is -0.312. The number of H-pyrrole nitrogens is 1. The molecule has 0 unspecified atom stereocenters. The number of ether oxygens (including phenoxy) is 1. The number of aryl methyl sites for hydroxylation is 1. The molecule has 0 radical (unpaired) electrons. The highest BCUT2D eigenvalue weighted by Gasteiger charge is 2.26. The Hall–Kier alpha value is -3.88. The van der Waals surface area contributed by atoms with Crippen molar-refractivity contribution in [2.24, 2.45) is 0 Å². The molecule has 0 saturated carbocycles. The predicted molar refractivity (Wildman–Crippen MR) is 129 cm³/mol. The Morgan fingerprint density at radius 3 is 2.56 bits per heavy atom. The summed E-state index contributed by atoms with van der Waals surface area (Å²) in [5.74, 6) is 1.52. The van der Waals surface area contributed by atoms with Gasteiger partial charge in [0.25, 0.3) is 11.5 Å². The highest BCUT2D eigenvalue weighted by atomic mass is 16.5. The van der Waals surface area contributed by atoms with Crippen molar-refractivity contribution in [3.8, 4) is 5.75 Å². The first-order chi connectivity index (χ1) is 16.6. The zero-order chi connectivity index (χ0) is 23.7. The van der Waals surface area contributed by atoms with E-state index in [1.54, 1.807) is 7.11 Å². The fraction of sp³-hybridized carbons (Fsp3) is 0.360. The van der Waals surface area contributed by atoms with Crippen molar-refractivity contribution in [2.75, 3.05) is 38.2 Å². The van der Waals surface area contributed by atoms with Gasteiger partial charge in [0.05, 0.1) is 28.8 Å². The Balaban J connectivity index is 1.39. The zero-order valence-electron chi connectivity index (χ0n) is 19.5. The number of anilines is 1. The summed E-state index contributed by atoms with van der Waals surface area (Å²) in [5.41, 5.74) is 2.11. The number of hydrogen-bond acceptors (Lipinski definition) is 5. The molecule has 4 aromatic rings. The summed E-state index contributed by atoms with van der Waals surface area (Å²) >= 11 is 0. The standard InChI is InChI=1S/C25H28N6O3/c1-3-8-22-26-24-18-9-4-5-10-19(18)30(25(33)31(24)27-22)17-23(32)29-15-13-28(14-16-29)20-11-6-7-12-21(20)34-2/h4-7,9-12H,3,8,13-17H2,1-2H3/p+1. The Labute approximate surface area is 197 Å². The molecule has 0 bridgehead atoms. The molecule has 1 aliphatic rings. The monoisotopic (exact) mass is 461 g/mol. The van der Waals surface area contributed by atoms with Crippen LogP contribution in [0.1, 0.15) is 19.2 Å². The molecule has 1 aliphatic heterocycles. The van der Waals surface area contributed by atoms with Crippen molar-refractivity contribution in [2.45, 2.75) is 26.3 Å². The van der Waals surface area contributed by atoms with Crippen LogP contribution < -0.4 is 20.3 Å². The van der Waals surface area contributed by atoms with Crippen molar-refractivity contribution < 1.29 is 14.5 Å². The van der Waals surface area contributed by atoms with Gasteiger partial charge in [-0.15, -0.1) is 0 Å². The number of piperazine rings is 1. The van der Waals surface area contributed by atoms with E-state index < -0.39 is 0 Å². The average molecular weight is 462 g/mol. The van der Waals surface area contributed by atoms with Gasteiger partial charge in [-0.2, -0.15) is 0 Å². The fourth-order valence-electron chi connectivity index (χ4n) is 4.66. The van der Waals surface area contributed by atoms with Gasteiger partial charge in [-0.3, -0.25) is 9.36 Å². The van der Waals surface area contributed by atoms with Crippen LogP contribution in [0.5, 0.6) is 5.75 Å². The van der Waals surface area contributed by atoms with Gasteiger partial charge in [0.15, 0.2) is 0 Å². The van der Waals surface area contributed by atoms with Gasteiger partial charge in [0.2, 0.25) is 5.91 Å². The van der Waals surface area contributed by atoms with E-state index in [1.807, 2.05) is 53.4 Å². The molecule has 2 aromatic heterocycles. The zero-order valence-corrected chi connectivity index (χ0v) is 19.5. The van der Waals surface area contributed by atoms with Crippen molar-refractivity contribution in [1.29, 1.82) is 0 Å². The summed E-state index contributed by atoms with van der Waals surface area (Å²) in [6.07, 6.45) is 1.68. The molecule has 1 saturated heterocycles. The van der Waals surface area contributed by atoms with Crippen molar-refractivity contribution in [3.63, 3.8) is 0 Å². The van der Waals surface area contributed by atoms with Crippen molar-refractivity contribution >= 4 is 28.1 Å². The Morgan fingerprint density at radius 2 is 1.79 bits per heavy atom. The summed E-state index contributed by atoms with van der Waals surface area (Å²) in [6.45, 7) is 4.63. The molecule has 3 heterocycles. The Morgan fingerprint density at radius 1 is 1.06 bits per heavy atom. The number of para-hydroxylation sites is 3. The van der Waals surface area contributed by atoms with Crippen LogP contribution in [0.2, 0.25) is 0 Å². The van der Waals surface area contributed by atoms with Gasteiger partial charge in [-0.05, 0) is 35.2 Å². The fourth-order valence-corrected chi connectivity index (χ4v) is 4.66. The van der Waals surface area contributed by atoms with Gasteiger partial charge in [-0.1, -0.05) is 31.2 Å². The summed E-state index contributed by atoms with van der Waals surface area (Å²) < 4.78 is 8.41. The van der Waals surface area contributed by atoms with E-state index in [4.69, 9.17) is 4.74 Å².